The number of amides is 1. The first kappa shape index (κ1) is 14.6. The molecular formula is C17H16N2O2. The van der Waals surface area contributed by atoms with Gasteiger partial charge in [0.05, 0.1) is 11.6 Å². The summed E-state index contributed by atoms with van der Waals surface area (Å²) in [6.07, 6.45) is -0.635. The van der Waals surface area contributed by atoms with Crippen LogP contribution in [0.25, 0.3) is 0 Å². The second-order valence-electron chi connectivity index (χ2n) is 4.63. The fraction of sp³-hybridized carbons (Fsp3) is 0.176. The summed E-state index contributed by atoms with van der Waals surface area (Å²) < 4.78 is 5.62. The van der Waals surface area contributed by atoms with Gasteiger partial charge in [0.1, 0.15) is 5.75 Å². The van der Waals surface area contributed by atoms with Crippen molar-refractivity contribution in [3.8, 4) is 11.8 Å². The van der Waals surface area contributed by atoms with Gasteiger partial charge in [-0.2, -0.15) is 5.26 Å². The molecule has 4 heteroatoms. The molecule has 2 aromatic rings. The monoisotopic (exact) mass is 280 g/mol. The third-order valence-corrected chi connectivity index (χ3v) is 3.10. The van der Waals surface area contributed by atoms with Crippen molar-refractivity contribution in [2.45, 2.75) is 13.0 Å². The minimum absolute atomic E-state index is 0.149. The minimum atomic E-state index is -0.635. The van der Waals surface area contributed by atoms with E-state index >= 15 is 0 Å². The van der Waals surface area contributed by atoms with Gasteiger partial charge in [-0.05, 0) is 37.3 Å². The van der Waals surface area contributed by atoms with Gasteiger partial charge in [-0.3, -0.25) is 4.79 Å². The van der Waals surface area contributed by atoms with Gasteiger partial charge in [0, 0.05) is 12.7 Å². The fourth-order valence-corrected chi connectivity index (χ4v) is 1.95. The quantitative estimate of drug-likeness (QED) is 0.865. The second-order valence-corrected chi connectivity index (χ2v) is 4.63. The van der Waals surface area contributed by atoms with Crippen molar-refractivity contribution < 1.29 is 9.53 Å². The average Bonchev–Trinajstić information content (AvgIpc) is 2.54. The number of carbonyl (C=O) groups is 1. The minimum Gasteiger partial charge on any atom is -0.481 e. The van der Waals surface area contributed by atoms with E-state index in [-0.39, 0.29) is 5.91 Å². The number of nitriles is 1. The molecule has 1 amide bonds. The number of likely N-dealkylation sites (N-methyl/N-ethyl adjacent to an activating group) is 1. The predicted octanol–water partition coefficient (Wildman–Crippen LogP) is 2.99. The van der Waals surface area contributed by atoms with Crippen molar-refractivity contribution >= 4 is 11.6 Å². The molecule has 1 atom stereocenters. The van der Waals surface area contributed by atoms with E-state index in [0.717, 1.165) is 5.69 Å². The zero-order valence-electron chi connectivity index (χ0n) is 12.0. The summed E-state index contributed by atoms with van der Waals surface area (Å²) in [7, 11) is 1.71. The number of hydrogen-bond acceptors (Lipinski definition) is 3. The maximum atomic E-state index is 12.3. The average molecular weight is 280 g/mol. The van der Waals surface area contributed by atoms with Crippen LogP contribution in [0.1, 0.15) is 12.5 Å². The van der Waals surface area contributed by atoms with E-state index < -0.39 is 6.10 Å². The molecule has 21 heavy (non-hydrogen) atoms. The van der Waals surface area contributed by atoms with Crippen LogP contribution in [0.2, 0.25) is 0 Å². The molecule has 4 nitrogen and oxygen atoms in total. The van der Waals surface area contributed by atoms with Crippen molar-refractivity contribution in [2.75, 3.05) is 11.9 Å². The van der Waals surface area contributed by atoms with Crippen LogP contribution in [0.5, 0.6) is 5.75 Å². The van der Waals surface area contributed by atoms with Crippen molar-refractivity contribution in [3.05, 3.63) is 60.2 Å². The third-order valence-electron chi connectivity index (χ3n) is 3.10. The Labute approximate surface area is 124 Å². The Kier molecular flexibility index (Phi) is 4.57. The van der Waals surface area contributed by atoms with E-state index in [1.165, 1.54) is 0 Å². The van der Waals surface area contributed by atoms with Crippen LogP contribution in [0, 0.1) is 11.3 Å². The molecule has 0 fully saturated rings. The molecule has 0 N–H and O–H groups in total. The van der Waals surface area contributed by atoms with Gasteiger partial charge in [-0.1, -0.05) is 24.3 Å². The molecule has 2 rings (SSSR count). The summed E-state index contributed by atoms with van der Waals surface area (Å²) in [6, 6.07) is 18.2. The highest BCUT2D eigenvalue weighted by Crippen LogP contribution is 2.17. The molecular weight excluding hydrogens is 264 g/mol. The molecule has 0 aromatic heterocycles. The van der Waals surface area contributed by atoms with Crippen molar-refractivity contribution in [3.63, 3.8) is 0 Å². The van der Waals surface area contributed by atoms with E-state index in [0.29, 0.717) is 11.3 Å². The van der Waals surface area contributed by atoms with Gasteiger partial charge < -0.3 is 9.64 Å². The van der Waals surface area contributed by atoms with Crippen molar-refractivity contribution in [1.82, 2.24) is 0 Å². The molecule has 0 saturated heterocycles. The normalized spacial score (nSPS) is 11.3. The standard InChI is InChI=1S/C17H16N2O2/c1-13(21-16-10-6-7-14(11-16)12-18)17(20)19(2)15-8-4-3-5-9-15/h3-11,13H,1-2H3. The summed E-state index contributed by atoms with van der Waals surface area (Å²) in [5, 5.41) is 8.86. The predicted molar refractivity (Wildman–Crippen MR) is 81.1 cm³/mol. The molecule has 0 saturated carbocycles. The maximum absolute atomic E-state index is 12.3. The lowest BCUT2D eigenvalue weighted by Gasteiger charge is -2.22. The van der Waals surface area contributed by atoms with Crippen LogP contribution in [0.15, 0.2) is 54.6 Å². The molecule has 0 aliphatic carbocycles. The SMILES string of the molecule is CC(Oc1cccc(C#N)c1)C(=O)N(C)c1ccccc1. The van der Waals surface area contributed by atoms with E-state index in [2.05, 4.69) is 0 Å². The van der Waals surface area contributed by atoms with Crippen LogP contribution in [0.4, 0.5) is 5.69 Å². The Bertz CT molecular complexity index is 662. The number of para-hydroxylation sites is 1. The van der Waals surface area contributed by atoms with Gasteiger partial charge in [0.25, 0.3) is 5.91 Å². The number of anilines is 1. The number of ether oxygens (including phenoxy) is 1. The largest absolute Gasteiger partial charge is 0.481 e. The zero-order chi connectivity index (χ0) is 15.2. The van der Waals surface area contributed by atoms with Crippen molar-refractivity contribution in [2.24, 2.45) is 0 Å². The molecule has 1 unspecified atom stereocenters. The first-order valence-corrected chi connectivity index (χ1v) is 6.61. The van der Waals surface area contributed by atoms with Crippen LogP contribution in [0.3, 0.4) is 0 Å². The maximum Gasteiger partial charge on any atom is 0.267 e. The van der Waals surface area contributed by atoms with Crippen molar-refractivity contribution in [1.29, 1.82) is 5.26 Å². The lowest BCUT2D eigenvalue weighted by atomic mass is 10.2. The summed E-state index contributed by atoms with van der Waals surface area (Å²) in [5.41, 5.74) is 1.31. The molecule has 106 valence electrons. The second kappa shape index (κ2) is 6.58. The Hall–Kier alpha value is -2.80. The molecule has 0 aliphatic rings. The van der Waals surface area contributed by atoms with Crippen LogP contribution < -0.4 is 9.64 Å². The van der Waals surface area contributed by atoms with Gasteiger partial charge in [0.2, 0.25) is 0 Å². The van der Waals surface area contributed by atoms with Gasteiger partial charge in [-0.25, -0.2) is 0 Å². The van der Waals surface area contributed by atoms with Gasteiger partial charge in [0.15, 0.2) is 6.10 Å². The summed E-state index contributed by atoms with van der Waals surface area (Å²) in [5.74, 6) is 0.361. The highest BCUT2D eigenvalue weighted by Gasteiger charge is 2.20. The molecule has 0 aliphatic heterocycles. The first-order valence-electron chi connectivity index (χ1n) is 6.61. The van der Waals surface area contributed by atoms with E-state index in [9.17, 15) is 4.79 Å². The Balaban J connectivity index is 2.07. The third kappa shape index (κ3) is 3.61. The Morgan fingerprint density at radius 2 is 1.90 bits per heavy atom. The summed E-state index contributed by atoms with van der Waals surface area (Å²) >= 11 is 0. The first-order chi connectivity index (χ1) is 10.1. The number of benzene rings is 2. The number of hydrogen-bond donors (Lipinski definition) is 0. The number of nitrogens with zero attached hydrogens (tertiary/aromatic N) is 2. The van der Waals surface area contributed by atoms with E-state index in [4.69, 9.17) is 10.00 Å². The topological polar surface area (TPSA) is 53.3 Å². The molecule has 0 heterocycles. The van der Waals surface area contributed by atoms with Crippen LogP contribution in [-0.2, 0) is 4.79 Å². The number of carbonyl (C=O) groups excluding carboxylic acids is 1. The molecule has 0 radical (unpaired) electrons. The smallest absolute Gasteiger partial charge is 0.267 e. The number of rotatable bonds is 4. The molecule has 2 aromatic carbocycles. The molecule has 0 bridgehead atoms. The highest BCUT2D eigenvalue weighted by molar-refractivity contribution is 5.95. The van der Waals surface area contributed by atoms with Crippen LogP contribution in [-0.4, -0.2) is 19.1 Å². The molecule has 0 spiro atoms. The van der Waals surface area contributed by atoms with E-state index in [1.54, 1.807) is 43.1 Å². The van der Waals surface area contributed by atoms with E-state index in [1.807, 2.05) is 36.4 Å². The highest BCUT2D eigenvalue weighted by atomic mass is 16.5. The van der Waals surface area contributed by atoms with Gasteiger partial charge >= 0.3 is 0 Å². The lowest BCUT2D eigenvalue weighted by Crippen LogP contribution is -2.38. The van der Waals surface area contributed by atoms with Crippen LogP contribution >= 0.6 is 0 Å². The Morgan fingerprint density at radius 3 is 2.57 bits per heavy atom. The zero-order valence-corrected chi connectivity index (χ0v) is 12.0. The summed E-state index contributed by atoms with van der Waals surface area (Å²) in [4.78, 5) is 13.9. The fourth-order valence-electron chi connectivity index (χ4n) is 1.95. The Morgan fingerprint density at radius 1 is 1.19 bits per heavy atom. The summed E-state index contributed by atoms with van der Waals surface area (Å²) in [6.45, 7) is 1.70. The van der Waals surface area contributed by atoms with Gasteiger partial charge in [-0.15, -0.1) is 0 Å². The lowest BCUT2D eigenvalue weighted by molar-refractivity contribution is -0.124.